The standard InChI is InChI=1S/C19H29N5O3/c1-21-18(25)15-20-24(19(21)26)10-4-3-9-22-11-13-23(14-12-22)16-5-7-17(27-2)8-6-16/h5-8,20H,3-4,9-15H2,1-2H3. The predicted molar refractivity (Wildman–Crippen MR) is 104 cm³/mol. The van der Waals surface area contributed by atoms with Gasteiger partial charge in [0.1, 0.15) is 5.75 Å². The van der Waals surface area contributed by atoms with Crippen LogP contribution in [0, 0.1) is 0 Å². The van der Waals surface area contributed by atoms with E-state index in [4.69, 9.17) is 4.74 Å². The molecule has 1 aromatic rings. The lowest BCUT2D eigenvalue weighted by molar-refractivity contribution is -0.130. The van der Waals surface area contributed by atoms with Crippen LogP contribution < -0.4 is 15.1 Å². The van der Waals surface area contributed by atoms with Gasteiger partial charge in [-0.15, -0.1) is 0 Å². The molecule has 2 heterocycles. The average molecular weight is 375 g/mol. The van der Waals surface area contributed by atoms with Gasteiger partial charge in [-0.3, -0.25) is 19.6 Å². The van der Waals surface area contributed by atoms with Crippen molar-refractivity contribution in [1.29, 1.82) is 0 Å². The third-order valence-corrected chi connectivity index (χ3v) is 5.23. The van der Waals surface area contributed by atoms with Gasteiger partial charge >= 0.3 is 6.03 Å². The van der Waals surface area contributed by atoms with E-state index in [2.05, 4.69) is 27.4 Å². The lowest BCUT2D eigenvalue weighted by Gasteiger charge is -2.36. The van der Waals surface area contributed by atoms with Gasteiger partial charge in [0.15, 0.2) is 0 Å². The van der Waals surface area contributed by atoms with Gasteiger partial charge in [0.25, 0.3) is 0 Å². The van der Waals surface area contributed by atoms with Gasteiger partial charge in [-0.2, -0.15) is 0 Å². The molecule has 2 fully saturated rings. The maximum absolute atomic E-state index is 12.0. The summed E-state index contributed by atoms with van der Waals surface area (Å²) < 4.78 is 5.22. The summed E-state index contributed by atoms with van der Waals surface area (Å²) in [6.07, 6.45) is 1.95. The van der Waals surface area contributed by atoms with Gasteiger partial charge < -0.3 is 9.64 Å². The first-order valence-electron chi connectivity index (χ1n) is 9.51. The summed E-state index contributed by atoms with van der Waals surface area (Å²) in [5.74, 6) is 0.695. The third kappa shape index (κ3) is 4.90. The van der Waals surface area contributed by atoms with Crippen molar-refractivity contribution in [1.82, 2.24) is 20.2 Å². The maximum Gasteiger partial charge on any atom is 0.340 e. The van der Waals surface area contributed by atoms with Gasteiger partial charge in [0.05, 0.1) is 13.7 Å². The Labute approximate surface area is 160 Å². The van der Waals surface area contributed by atoms with E-state index >= 15 is 0 Å². The van der Waals surface area contributed by atoms with Crippen molar-refractivity contribution in [3.63, 3.8) is 0 Å². The van der Waals surface area contributed by atoms with Crippen LogP contribution in [-0.2, 0) is 4.79 Å². The van der Waals surface area contributed by atoms with Crippen LogP contribution in [0.3, 0.4) is 0 Å². The number of anilines is 1. The number of hydrazine groups is 1. The molecule has 148 valence electrons. The number of urea groups is 1. The molecule has 3 rings (SSSR count). The molecular formula is C19H29N5O3. The van der Waals surface area contributed by atoms with E-state index in [0.29, 0.717) is 6.54 Å². The van der Waals surface area contributed by atoms with E-state index in [9.17, 15) is 9.59 Å². The van der Waals surface area contributed by atoms with Crippen molar-refractivity contribution >= 4 is 17.6 Å². The van der Waals surface area contributed by atoms with E-state index in [-0.39, 0.29) is 18.5 Å². The zero-order valence-corrected chi connectivity index (χ0v) is 16.2. The van der Waals surface area contributed by atoms with Crippen LogP contribution in [-0.4, -0.2) is 86.7 Å². The van der Waals surface area contributed by atoms with Gasteiger partial charge in [0, 0.05) is 45.5 Å². The smallest absolute Gasteiger partial charge is 0.340 e. The molecule has 1 aromatic carbocycles. The van der Waals surface area contributed by atoms with Gasteiger partial charge in [-0.05, 0) is 43.7 Å². The molecule has 1 N–H and O–H groups in total. The predicted octanol–water partition coefficient (Wildman–Crippen LogP) is 0.996. The number of hydrogen-bond donors (Lipinski definition) is 1. The number of carbonyl (C=O) groups is 2. The SMILES string of the molecule is COc1ccc(N2CCN(CCCCN3NCC(=O)N(C)C3=O)CC2)cc1. The highest BCUT2D eigenvalue weighted by Gasteiger charge is 2.28. The number of benzene rings is 1. The van der Waals surface area contributed by atoms with E-state index in [1.54, 1.807) is 12.1 Å². The number of nitrogens with zero attached hydrogens (tertiary/aromatic N) is 4. The van der Waals surface area contributed by atoms with Crippen molar-refractivity contribution in [2.45, 2.75) is 12.8 Å². The van der Waals surface area contributed by atoms with Crippen LogP contribution in [0.25, 0.3) is 0 Å². The molecule has 0 aromatic heterocycles. The topological polar surface area (TPSA) is 68.4 Å². The molecule has 8 nitrogen and oxygen atoms in total. The minimum atomic E-state index is -0.264. The molecule has 8 heteroatoms. The lowest BCUT2D eigenvalue weighted by atomic mass is 10.2. The highest BCUT2D eigenvalue weighted by Crippen LogP contribution is 2.20. The molecule has 0 radical (unpaired) electrons. The molecule has 0 saturated carbocycles. The Morgan fingerprint density at radius 1 is 1.00 bits per heavy atom. The van der Waals surface area contributed by atoms with E-state index in [1.807, 2.05) is 12.1 Å². The Kier molecular flexibility index (Phi) is 6.52. The highest BCUT2D eigenvalue weighted by atomic mass is 16.5. The van der Waals surface area contributed by atoms with Gasteiger partial charge in [-0.1, -0.05) is 0 Å². The van der Waals surface area contributed by atoms with Gasteiger partial charge in [0.2, 0.25) is 5.91 Å². The number of unbranched alkanes of at least 4 members (excludes halogenated alkanes) is 1. The minimum Gasteiger partial charge on any atom is -0.497 e. The fourth-order valence-electron chi connectivity index (χ4n) is 3.44. The summed E-state index contributed by atoms with van der Waals surface area (Å²) in [6, 6.07) is 7.96. The molecule has 0 atom stereocenters. The summed E-state index contributed by atoms with van der Waals surface area (Å²) in [5.41, 5.74) is 4.12. The van der Waals surface area contributed by atoms with Crippen LogP contribution in [0.4, 0.5) is 10.5 Å². The summed E-state index contributed by atoms with van der Waals surface area (Å²) in [5, 5.41) is 1.54. The number of piperazine rings is 1. The van der Waals surface area contributed by atoms with Crippen molar-refractivity contribution in [3.05, 3.63) is 24.3 Å². The molecule has 0 unspecified atom stereocenters. The second-order valence-corrected chi connectivity index (χ2v) is 6.96. The molecule has 0 bridgehead atoms. The van der Waals surface area contributed by atoms with E-state index in [0.717, 1.165) is 51.3 Å². The Morgan fingerprint density at radius 3 is 2.33 bits per heavy atom. The number of nitrogens with one attached hydrogen (secondary N) is 1. The molecule has 2 saturated heterocycles. The number of carbonyl (C=O) groups excluding carboxylic acids is 2. The first-order chi connectivity index (χ1) is 13.1. The first-order valence-corrected chi connectivity index (χ1v) is 9.51. The number of ether oxygens (including phenoxy) is 1. The van der Waals surface area contributed by atoms with Crippen LogP contribution in [0.2, 0.25) is 0 Å². The number of likely N-dealkylation sites (N-methyl/N-ethyl adjacent to an activating group) is 1. The largest absolute Gasteiger partial charge is 0.497 e. The van der Waals surface area contributed by atoms with Crippen LogP contribution in [0.15, 0.2) is 24.3 Å². The molecule has 3 amide bonds. The fourth-order valence-corrected chi connectivity index (χ4v) is 3.44. The first kappa shape index (κ1) is 19.4. The monoisotopic (exact) mass is 375 g/mol. The number of rotatable bonds is 7. The summed E-state index contributed by atoms with van der Waals surface area (Å²) in [7, 11) is 3.21. The van der Waals surface area contributed by atoms with Gasteiger partial charge in [-0.25, -0.2) is 10.2 Å². The fraction of sp³-hybridized carbons (Fsp3) is 0.579. The highest BCUT2D eigenvalue weighted by molar-refractivity contribution is 5.96. The summed E-state index contributed by atoms with van der Waals surface area (Å²) in [6.45, 7) is 5.98. The van der Waals surface area contributed by atoms with Crippen LogP contribution in [0.5, 0.6) is 5.75 Å². The molecule has 2 aliphatic heterocycles. The Balaban J connectivity index is 1.34. The van der Waals surface area contributed by atoms with E-state index < -0.39 is 0 Å². The number of hydrogen-bond acceptors (Lipinski definition) is 6. The Bertz CT molecular complexity index is 643. The minimum absolute atomic E-state index is 0.189. The molecular weight excluding hydrogens is 346 g/mol. The quantitative estimate of drug-likeness (QED) is 0.717. The molecule has 27 heavy (non-hydrogen) atoms. The van der Waals surface area contributed by atoms with Crippen molar-refractivity contribution in [3.8, 4) is 5.75 Å². The van der Waals surface area contributed by atoms with Crippen molar-refractivity contribution < 1.29 is 14.3 Å². The Hall–Kier alpha value is -2.32. The second kappa shape index (κ2) is 9.05. The molecule has 0 spiro atoms. The zero-order chi connectivity index (χ0) is 19.2. The van der Waals surface area contributed by atoms with Crippen LogP contribution in [0.1, 0.15) is 12.8 Å². The molecule has 2 aliphatic rings. The Morgan fingerprint density at radius 2 is 1.67 bits per heavy atom. The zero-order valence-electron chi connectivity index (χ0n) is 16.2. The average Bonchev–Trinajstić information content (AvgIpc) is 2.71. The molecule has 0 aliphatic carbocycles. The van der Waals surface area contributed by atoms with E-state index in [1.165, 1.54) is 17.6 Å². The maximum atomic E-state index is 12.0. The second-order valence-electron chi connectivity index (χ2n) is 6.96. The third-order valence-electron chi connectivity index (χ3n) is 5.23. The summed E-state index contributed by atoms with van der Waals surface area (Å²) in [4.78, 5) is 29.5. The lowest BCUT2D eigenvalue weighted by Crippen LogP contribution is -2.59. The normalized spacial score (nSPS) is 19.0. The number of amides is 3. The number of methoxy groups -OCH3 is 1. The summed E-state index contributed by atoms with van der Waals surface area (Å²) >= 11 is 0. The number of imide groups is 1. The van der Waals surface area contributed by atoms with Crippen molar-refractivity contribution in [2.24, 2.45) is 0 Å². The van der Waals surface area contributed by atoms with Crippen LogP contribution >= 0.6 is 0 Å². The van der Waals surface area contributed by atoms with Crippen molar-refractivity contribution in [2.75, 3.05) is 64.9 Å².